The molecular formula is C16H26N2O2S. The normalized spacial score (nSPS) is 19.1. The number of rotatable bonds is 5. The van der Waals surface area contributed by atoms with E-state index in [1.807, 2.05) is 26.1 Å². The molecule has 0 radical (unpaired) electrons. The first kappa shape index (κ1) is 16.5. The van der Waals surface area contributed by atoms with E-state index >= 15 is 0 Å². The molecule has 0 aliphatic heterocycles. The molecular weight excluding hydrogens is 284 g/mol. The molecule has 1 aromatic carbocycles. The molecule has 1 saturated carbocycles. The summed E-state index contributed by atoms with van der Waals surface area (Å²) in [5.74, 6) is 0. The van der Waals surface area contributed by atoms with Gasteiger partial charge in [-0.25, -0.2) is 13.1 Å². The van der Waals surface area contributed by atoms with Gasteiger partial charge in [-0.1, -0.05) is 37.8 Å². The zero-order chi connectivity index (χ0) is 15.3. The third-order valence-electron chi connectivity index (χ3n) is 4.28. The summed E-state index contributed by atoms with van der Waals surface area (Å²) in [7, 11) is -1.55. The Kier molecular flexibility index (Phi) is 5.79. The zero-order valence-corrected chi connectivity index (χ0v) is 13.7. The van der Waals surface area contributed by atoms with Gasteiger partial charge in [-0.15, -0.1) is 0 Å². The summed E-state index contributed by atoms with van der Waals surface area (Å²) in [4.78, 5) is 0.367. The van der Waals surface area contributed by atoms with Crippen molar-refractivity contribution < 1.29 is 8.42 Å². The smallest absolute Gasteiger partial charge is 0.240 e. The molecule has 2 rings (SSSR count). The number of hydrogen-bond acceptors (Lipinski definition) is 3. The SMILES string of the molecule is CNC(C)c1cccc(S(=O)(=O)NC2CCCCCC2)c1. The number of nitrogens with one attached hydrogen (secondary N) is 2. The second-order valence-corrected chi connectivity index (χ2v) is 7.61. The van der Waals surface area contributed by atoms with Crippen LogP contribution < -0.4 is 10.0 Å². The fraction of sp³-hybridized carbons (Fsp3) is 0.625. The van der Waals surface area contributed by atoms with Crippen molar-refractivity contribution in [3.05, 3.63) is 29.8 Å². The van der Waals surface area contributed by atoms with E-state index < -0.39 is 10.0 Å². The Labute approximate surface area is 128 Å². The average molecular weight is 310 g/mol. The molecule has 0 saturated heterocycles. The van der Waals surface area contributed by atoms with E-state index in [1.165, 1.54) is 12.8 Å². The lowest BCUT2D eigenvalue weighted by Gasteiger charge is -2.17. The average Bonchev–Trinajstić information content (AvgIpc) is 2.74. The van der Waals surface area contributed by atoms with Gasteiger partial charge in [0.1, 0.15) is 0 Å². The van der Waals surface area contributed by atoms with Gasteiger partial charge < -0.3 is 5.32 Å². The van der Waals surface area contributed by atoms with Crippen molar-refractivity contribution in [3.8, 4) is 0 Å². The van der Waals surface area contributed by atoms with Gasteiger partial charge in [0.2, 0.25) is 10.0 Å². The van der Waals surface area contributed by atoms with Crippen molar-refractivity contribution in [1.82, 2.24) is 10.0 Å². The van der Waals surface area contributed by atoms with Crippen LogP contribution in [0.3, 0.4) is 0 Å². The topological polar surface area (TPSA) is 58.2 Å². The maximum Gasteiger partial charge on any atom is 0.240 e. The summed E-state index contributed by atoms with van der Waals surface area (Å²) >= 11 is 0. The lowest BCUT2D eigenvalue weighted by atomic mass is 10.1. The molecule has 4 nitrogen and oxygen atoms in total. The van der Waals surface area contributed by atoms with Crippen LogP contribution in [0.5, 0.6) is 0 Å². The Hall–Kier alpha value is -0.910. The summed E-state index contributed by atoms with van der Waals surface area (Å²) in [5, 5.41) is 3.13. The van der Waals surface area contributed by atoms with E-state index in [0.717, 1.165) is 31.2 Å². The van der Waals surface area contributed by atoms with Crippen molar-refractivity contribution in [2.75, 3.05) is 7.05 Å². The first-order valence-corrected chi connectivity index (χ1v) is 9.31. The number of benzene rings is 1. The molecule has 1 atom stereocenters. The summed E-state index contributed by atoms with van der Waals surface area (Å²) in [6.45, 7) is 2.02. The van der Waals surface area contributed by atoms with Crippen LogP contribution in [0.25, 0.3) is 0 Å². The van der Waals surface area contributed by atoms with Gasteiger partial charge in [0.15, 0.2) is 0 Å². The maximum atomic E-state index is 12.5. The van der Waals surface area contributed by atoms with Crippen molar-refractivity contribution in [2.45, 2.75) is 62.4 Å². The molecule has 1 unspecified atom stereocenters. The van der Waals surface area contributed by atoms with E-state index in [9.17, 15) is 8.42 Å². The number of hydrogen-bond donors (Lipinski definition) is 2. The summed E-state index contributed by atoms with van der Waals surface area (Å²) in [5.41, 5.74) is 0.987. The lowest BCUT2D eigenvalue weighted by molar-refractivity contribution is 0.509. The molecule has 0 amide bonds. The highest BCUT2D eigenvalue weighted by molar-refractivity contribution is 7.89. The fourth-order valence-electron chi connectivity index (χ4n) is 2.80. The predicted molar refractivity (Wildman–Crippen MR) is 85.7 cm³/mol. The quantitative estimate of drug-likeness (QED) is 0.822. The van der Waals surface area contributed by atoms with Crippen molar-refractivity contribution in [1.29, 1.82) is 0 Å². The van der Waals surface area contributed by atoms with Gasteiger partial charge in [0.05, 0.1) is 4.90 Å². The summed E-state index contributed by atoms with van der Waals surface area (Å²) in [6, 6.07) is 7.42. The Morgan fingerprint density at radius 3 is 2.43 bits per heavy atom. The van der Waals surface area contributed by atoms with Crippen molar-refractivity contribution in [3.63, 3.8) is 0 Å². The Balaban J connectivity index is 2.14. The third kappa shape index (κ3) is 4.53. The van der Waals surface area contributed by atoms with Crippen LogP contribution in [-0.4, -0.2) is 21.5 Å². The van der Waals surface area contributed by atoms with Crippen molar-refractivity contribution >= 4 is 10.0 Å². The molecule has 0 spiro atoms. The molecule has 0 aromatic heterocycles. The minimum atomic E-state index is -3.42. The van der Waals surface area contributed by atoms with Crippen LogP contribution in [-0.2, 0) is 10.0 Å². The van der Waals surface area contributed by atoms with Gasteiger partial charge in [0, 0.05) is 12.1 Å². The van der Waals surface area contributed by atoms with Gasteiger partial charge in [-0.3, -0.25) is 0 Å². The van der Waals surface area contributed by atoms with E-state index in [1.54, 1.807) is 12.1 Å². The van der Waals surface area contributed by atoms with Crippen molar-refractivity contribution in [2.24, 2.45) is 0 Å². The highest BCUT2D eigenvalue weighted by atomic mass is 32.2. The predicted octanol–water partition coefficient (Wildman–Crippen LogP) is 2.97. The second-order valence-electron chi connectivity index (χ2n) is 5.89. The first-order chi connectivity index (χ1) is 10.0. The van der Waals surface area contributed by atoms with Gasteiger partial charge in [-0.2, -0.15) is 0 Å². The minimum Gasteiger partial charge on any atom is -0.313 e. The Morgan fingerprint density at radius 1 is 1.14 bits per heavy atom. The van der Waals surface area contributed by atoms with Gasteiger partial charge in [-0.05, 0) is 44.5 Å². The number of sulfonamides is 1. The fourth-order valence-corrected chi connectivity index (χ4v) is 4.16. The van der Waals surface area contributed by atoms with E-state index in [2.05, 4.69) is 10.0 Å². The highest BCUT2D eigenvalue weighted by Gasteiger charge is 2.21. The first-order valence-electron chi connectivity index (χ1n) is 7.82. The Bertz CT molecular complexity index is 549. The lowest BCUT2D eigenvalue weighted by Crippen LogP contribution is -2.34. The van der Waals surface area contributed by atoms with Crippen LogP contribution in [0.15, 0.2) is 29.2 Å². The molecule has 1 aliphatic carbocycles. The van der Waals surface area contributed by atoms with E-state index in [-0.39, 0.29) is 12.1 Å². The molecule has 0 heterocycles. The molecule has 1 aromatic rings. The Morgan fingerprint density at radius 2 is 1.81 bits per heavy atom. The standard InChI is InChI=1S/C16H26N2O2S/c1-13(17-2)14-8-7-11-16(12-14)21(19,20)18-15-9-5-3-4-6-10-15/h7-8,11-13,15,17-18H,3-6,9-10H2,1-2H3. The van der Waals surface area contributed by atoms with Crippen LogP contribution >= 0.6 is 0 Å². The van der Waals surface area contributed by atoms with Gasteiger partial charge >= 0.3 is 0 Å². The molecule has 5 heteroatoms. The molecule has 21 heavy (non-hydrogen) atoms. The highest BCUT2D eigenvalue weighted by Crippen LogP contribution is 2.21. The van der Waals surface area contributed by atoms with Crippen LogP contribution in [0.1, 0.15) is 57.1 Å². The molecule has 118 valence electrons. The van der Waals surface area contributed by atoms with Crippen LogP contribution in [0, 0.1) is 0 Å². The van der Waals surface area contributed by atoms with Crippen LogP contribution in [0.2, 0.25) is 0 Å². The minimum absolute atomic E-state index is 0.0860. The summed E-state index contributed by atoms with van der Waals surface area (Å²) < 4.78 is 28.0. The monoisotopic (exact) mass is 310 g/mol. The molecule has 2 N–H and O–H groups in total. The maximum absolute atomic E-state index is 12.5. The van der Waals surface area contributed by atoms with E-state index in [4.69, 9.17) is 0 Å². The zero-order valence-electron chi connectivity index (χ0n) is 12.9. The molecule has 0 bridgehead atoms. The van der Waals surface area contributed by atoms with Crippen LogP contribution in [0.4, 0.5) is 0 Å². The van der Waals surface area contributed by atoms with Gasteiger partial charge in [0.25, 0.3) is 0 Å². The molecule has 1 fully saturated rings. The third-order valence-corrected chi connectivity index (χ3v) is 5.80. The largest absolute Gasteiger partial charge is 0.313 e. The van der Waals surface area contributed by atoms with E-state index in [0.29, 0.717) is 4.90 Å². The summed E-state index contributed by atoms with van der Waals surface area (Å²) in [6.07, 6.45) is 6.56. The second kappa shape index (κ2) is 7.38. The molecule has 1 aliphatic rings.